The van der Waals surface area contributed by atoms with Crippen LogP contribution < -0.4 is 0 Å². The first-order chi connectivity index (χ1) is 2.64. The van der Waals surface area contributed by atoms with E-state index in [9.17, 15) is 0 Å². The van der Waals surface area contributed by atoms with E-state index in [4.69, 9.17) is 0 Å². The number of thiol groups is 1. The maximum atomic E-state index is 4.09. The second-order valence-corrected chi connectivity index (χ2v) is 2.30. The van der Waals surface area contributed by atoms with Gasteiger partial charge in [-0.25, -0.2) is 0 Å². The van der Waals surface area contributed by atoms with E-state index in [0.717, 1.165) is 5.57 Å². The summed E-state index contributed by atoms with van der Waals surface area (Å²) in [6, 6.07) is 0. The van der Waals surface area contributed by atoms with Crippen LogP contribution in [0.15, 0.2) is 12.2 Å². The molecule has 36 valence electrons. The molecule has 0 aliphatic carbocycles. The van der Waals surface area contributed by atoms with E-state index in [2.05, 4.69) is 19.2 Å². The van der Waals surface area contributed by atoms with Crippen LogP contribution in [-0.2, 0) is 0 Å². The van der Waals surface area contributed by atoms with Crippen molar-refractivity contribution in [2.24, 2.45) is 0 Å². The highest BCUT2D eigenvalue weighted by atomic mass is 32.1. The summed E-state index contributed by atoms with van der Waals surface area (Å²) in [5.41, 5.74) is 1.12. The second kappa shape index (κ2) is 2.30. The minimum absolute atomic E-state index is 0.352. The zero-order valence-corrected chi connectivity index (χ0v) is 5.13. The zero-order valence-electron chi connectivity index (χ0n) is 4.23. The van der Waals surface area contributed by atoms with E-state index in [0.29, 0.717) is 5.25 Å². The zero-order chi connectivity index (χ0) is 5.15. The molecule has 6 heavy (non-hydrogen) atoms. The fourth-order valence-electron chi connectivity index (χ4n) is 0. The molecule has 0 saturated carbocycles. The lowest BCUT2D eigenvalue weighted by Gasteiger charge is -1.96. The number of hydrogen-bond donors (Lipinski definition) is 1. The molecule has 0 aromatic carbocycles. The Kier molecular flexibility index (Phi) is 2.33. The molecule has 0 N–H and O–H groups in total. The molecule has 1 atom stereocenters. The van der Waals surface area contributed by atoms with Crippen molar-refractivity contribution in [1.29, 1.82) is 0 Å². The molecule has 0 aromatic heterocycles. The summed E-state index contributed by atoms with van der Waals surface area (Å²) in [6.45, 7) is 7.65. The molecule has 0 aliphatic rings. The van der Waals surface area contributed by atoms with Gasteiger partial charge in [-0.2, -0.15) is 12.6 Å². The molecule has 0 unspecified atom stereocenters. The van der Waals surface area contributed by atoms with Crippen molar-refractivity contribution in [2.45, 2.75) is 19.1 Å². The third-order valence-corrected chi connectivity index (χ3v) is 1.15. The molecule has 0 spiro atoms. The molecular formula is C5H10S. The Morgan fingerprint density at radius 2 is 2.00 bits per heavy atom. The van der Waals surface area contributed by atoms with Crippen LogP contribution in [0.2, 0.25) is 0 Å². The van der Waals surface area contributed by atoms with Crippen molar-refractivity contribution in [3.63, 3.8) is 0 Å². The van der Waals surface area contributed by atoms with Crippen LogP contribution in [0.3, 0.4) is 0 Å². The van der Waals surface area contributed by atoms with Gasteiger partial charge in [0.2, 0.25) is 0 Å². The molecule has 0 fully saturated rings. The Labute approximate surface area is 44.7 Å². The lowest BCUT2D eigenvalue weighted by molar-refractivity contribution is 1.14. The fraction of sp³-hybridized carbons (Fsp3) is 0.600. The largest absolute Gasteiger partial charge is 0.172 e. The Balaban J connectivity index is 3.26. The van der Waals surface area contributed by atoms with E-state index in [-0.39, 0.29) is 0 Å². The van der Waals surface area contributed by atoms with E-state index in [1.807, 2.05) is 13.8 Å². The highest BCUT2D eigenvalue weighted by molar-refractivity contribution is 7.81. The van der Waals surface area contributed by atoms with Crippen LogP contribution >= 0.6 is 12.6 Å². The molecule has 0 aromatic rings. The molecule has 0 rings (SSSR count). The van der Waals surface area contributed by atoms with Crippen molar-refractivity contribution < 1.29 is 0 Å². The van der Waals surface area contributed by atoms with Gasteiger partial charge in [0.05, 0.1) is 0 Å². The van der Waals surface area contributed by atoms with Gasteiger partial charge in [0.1, 0.15) is 0 Å². The molecular weight excluding hydrogens is 92.1 g/mol. The SMILES string of the molecule is C=C(C)[C@H](C)S. The topological polar surface area (TPSA) is 0 Å². The highest BCUT2D eigenvalue weighted by Gasteiger charge is 1.88. The second-order valence-electron chi connectivity index (χ2n) is 1.52. The summed E-state index contributed by atoms with van der Waals surface area (Å²) in [4.78, 5) is 0. The smallest absolute Gasteiger partial charge is 0.0192 e. The minimum Gasteiger partial charge on any atom is -0.172 e. The molecule has 0 amide bonds. The van der Waals surface area contributed by atoms with E-state index < -0.39 is 0 Å². The van der Waals surface area contributed by atoms with Crippen molar-refractivity contribution >= 4 is 12.6 Å². The Hall–Kier alpha value is 0.0900. The molecule has 0 nitrogen and oxygen atoms in total. The lowest BCUT2D eigenvalue weighted by atomic mass is 10.3. The van der Waals surface area contributed by atoms with Gasteiger partial charge < -0.3 is 0 Å². The van der Waals surface area contributed by atoms with Crippen LogP contribution in [0.5, 0.6) is 0 Å². The first-order valence-electron chi connectivity index (χ1n) is 1.98. The molecule has 0 aliphatic heterocycles. The van der Waals surface area contributed by atoms with Crippen molar-refractivity contribution in [3.8, 4) is 0 Å². The van der Waals surface area contributed by atoms with Crippen LogP contribution in [0.4, 0.5) is 0 Å². The van der Waals surface area contributed by atoms with Crippen LogP contribution in [0.25, 0.3) is 0 Å². The maximum Gasteiger partial charge on any atom is 0.0192 e. The molecule has 0 radical (unpaired) electrons. The first kappa shape index (κ1) is 6.09. The summed E-state index contributed by atoms with van der Waals surface area (Å²) in [5, 5.41) is 0.352. The summed E-state index contributed by atoms with van der Waals surface area (Å²) < 4.78 is 0. The van der Waals surface area contributed by atoms with Crippen molar-refractivity contribution in [1.82, 2.24) is 0 Å². The Morgan fingerprint density at radius 1 is 1.83 bits per heavy atom. The van der Waals surface area contributed by atoms with E-state index in [1.54, 1.807) is 0 Å². The molecule has 0 heterocycles. The summed E-state index contributed by atoms with van der Waals surface area (Å²) in [5.74, 6) is 0. The van der Waals surface area contributed by atoms with E-state index in [1.165, 1.54) is 0 Å². The third-order valence-electron chi connectivity index (χ3n) is 0.713. The summed E-state index contributed by atoms with van der Waals surface area (Å²) in [7, 11) is 0. The van der Waals surface area contributed by atoms with Crippen LogP contribution in [-0.4, -0.2) is 5.25 Å². The summed E-state index contributed by atoms with van der Waals surface area (Å²) in [6.07, 6.45) is 0. The van der Waals surface area contributed by atoms with Gasteiger partial charge in [-0.1, -0.05) is 12.2 Å². The first-order valence-corrected chi connectivity index (χ1v) is 2.49. The van der Waals surface area contributed by atoms with Gasteiger partial charge in [0, 0.05) is 5.25 Å². The average Bonchev–Trinajstić information content (AvgIpc) is 1.36. The van der Waals surface area contributed by atoms with Gasteiger partial charge in [-0.15, -0.1) is 0 Å². The lowest BCUT2D eigenvalue weighted by Crippen LogP contribution is -1.87. The predicted molar refractivity (Wildman–Crippen MR) is 33.3 cm³/mol. The molecule has 1 heteroatoms. The summed E-state index contributed by atoms with van der Waals surface area (Å²) >= 11 is 4.09. The average molecular weight is 102 g/mol. The van der Waals surface area contributed by atoms with E-state index >= 15 is 0 Å². The fourth-order valence-corrected chi connectivity index (χ4v) is 0. The van der Waals surface area contributed by atoms with Gasteiger partial charge in [-0.3, -0.25) is 0 Å². The normalized spacial score (nSPS) is 13.8. The number of hydrogen-bond acceptors (Lipinski definition) is 1. The van der Waals surface area contributed by atoms with Crippen molar-refractivity contribution in [3.05, 3.63) is 12.2 Å². The predicted octanol–water partition coefficient (Wildman–Crippen LogP) is 1.88. The quantitative estimate of drug-likeness (QED) is 0.379. The monoisotopic (exact) mass is 102 g/mol. The van der Waals surface area contributed by atoms with Gasteiger partial charge in [0.25, 0.3) is 0 Å². The van der Waals surface area contributed by atoms with Crippen molar-refractivity contribution in [2.75, 3.05) is 0 Å². The van der Waals surface area contributed by atoms with Gasteiger partial charge >= 0.3 is 0 Å². The maximum absolute atomic E-state index is 4.09. The van der Waals surface area contributed by atoms with Gasteiger partial charge in [0.15, 0.2) is 0 Å². The number of rotatable bonds is 1. The van der Waals surface area contributed by atoms with Crippen LogP contribution in [0, 0.1) is 0 Å². The third kappa shape index (κ3) is 2.33. The van der Waals surface area contributed by atoms with Gasteiger partial charge in [-0.05, 0) is 13.8 Å². The molecule has 0 bridgehead atoms. The minimum atomic E-state index is 0.352. The molecule has 0 saturated heterocycles. The Morgan fingerprint density at radius 3 is 2.00 bits per heavy atom. The highest BCUT2D eigenvalue weighted by Crippen LogP contribution is 2.01. The standard InChI is InChI=1S/C5H10S/c1-4(2)5(3)6/h5-6H,1H2,2-3H3/t5-/m0/s1. The Bertz CT molecular complexity index is 55.0. The van der Waals surface area contributed by atoms with Crippen LogP contribution in [0.1, 0.15) is 13.8 Å².